The van der Waals surface area contributed by atoms with E-state index in [4.69, 9.17) is 18.9 Å². The first-order valence-corrected chi connectivity index (χ1v) is 8.17. The van der Waals surface area contributed by atoms with Gasteiger partial charge in [-0.25, -0.2) is 4.79 Å². The molecule has 0 aromatic heterocycles. The molecule has 0 saturated carbocycles. The third kappa shape index (κ3) is 6.02. The average Bonchev–Trinajstić information content (AvgIpc) is 2.75. The number of ether oxygens (including phenoxy) is 4. The maximum Gasteiger partial charge on any atom is 0.410 e. The number of para-hydroxylation sites is 1. The minimum Gasteiger partial charge on any atom is -0.491 e. The molecule has 1 aromatic rings. The van der Waals surface area contributed by atoms with E-state index in [0.717, 1.165) is 5.75 Å². The highest BCUT2D eigenvalue weighted by Crippen LogP contribution is 2.16. The monoisotopic (exact) mass is 337 g/mol. The zero-order chi connectivity index (χ0) is 17.6. The van der Waals surface area contributed by atoms with Crippen LogP contribution < -0.4 is 4.74 Å². The van der Waals surface area contributed by atoms with E-state index in [0.29, 0.717) is 26.3 Å². The van der Waals surface area contributed by atoms with Crippen LogP contribution in [0.2, 0.25) is 0 Å². The normalized spacial score (nSPS) is 21.9. The molecular formula is C18H27NO5. The van der Waals surface area contributed by atoms with Gasteiger partial charge in [0.1, 0.15) is 24.1 Å². The van der Waals surface area contributed by atoms with Gasteiger partial charge in [0, 0.05) is 7.11 Å². The Hall–Kier alpha value is -1.79. The molecule has 0 spiro atoms. The lowest BCUT2D eigenvalue weighted by Gasteiger charge is -2.28. The number of rotatable bonds is 4. The Morgan fingerprint density at radius 3 is 2.58 bits per heavy atom. The van der Waals surface area contributed by atoms with Gasteiger partial charge in [0.2, 0.25) is 0 Å². The van der Waals surface area contributed by atoms with Crippen LogP contribution in [-0.4, -0.2) is 62.2 Å². The van der Waals surface area contributed by atoms with Gasteiger partial charge < -0.3 is 23.8 Å². The van der Waals surface area contributed by atoms with Gasteiger partial charge in [0.25, 0.3) is 0 Å². The molecule has 24 heavy (non-hydrogen) atoms. The molecular weight excluding hydrogens is 310 g/mol. The summed E-state index contributed by atoms with van der Waals surface area (Å²) in [5, 5.41) is 0. The van der Waals surface area contributed by atoms with E-state index >= 15 is 0 Å². The lowest BCUT2D eigenvalue weighted by molar-refractivity contribution is -0.0203. The van der Waals surface area contributed by atoms with Crippen molar-refractivity contribution < 1.29 is 23.7 Å². The summed E-state index contributed by atoms with van der Waals surface area (Å²) in [4.78, 5) is 14.0. The van der Waals surface area contributed by atoms with Crippen LogP contribution in [0.5, 0.6) is 5.75 Å². The molecule has 1 heterocycles. The van der Waals surface area contributed by atoms with Gasteiger partial charge in [-0.2, -0.15) is 0 Å². The van der Waals surface area contributed by atoms with Gasteiger partial charge in [-0.1, -0.05) is 18.2 Å². The van der Waals surface area contributed by atoms with E-state index in [-0.39, 0.29) is 18.3 Å². The van der Waals surface area contributed by atoms with Crippen molar-refractivity contribution in [2.24, 2.45) is 0 Å². The van der Waals surface area contributed by atoms with E-state index < -0.39 is 5.60 Å². The summed E-state index contributed by atoms with van der Waals surface area (Å²) >= 11 is 0. The lowest BCUT2D eigenvalue weighted by atomic mass is 10.2. The third-order valence-electron chi connectivity index (χ3n) is 3.53. The molecule has 2 rings (SSSR count). The molecule has 0 radical (unpaired) electrons. The molecule has 6 heteroatoms. The standard InChI is InChI=1S/C18H27NO5/c1-18(2,3)24-17(20)19-10-15(21-4)12-23-16(11-19)13-22-14-8-6-5-7-9-14/h5-9,15-16H,10-13H2,1-4H3/t15-,16+/m1/s1. The quantitative estimate of drug-likeness (QED) is 0.845. The summed E-state index contributed by atoms with van der Waals surface area (Å²) in [5.74, 6) is 0.775. The van der Waals surface area contributed by atoms with E-state index in [2.05, 4.69) is 0 Å². The lowest BCUT2D eigenvalue weighted by Crippen LogP contribution is -2.43. The number of hydrogen-bond acceptors (Lipinski definition) is 5. The summed E-state index contributed by atoms with van der Waals surface area (Å²) in [6.45, 7) is 7.17. The molecule has 0 unspecified atom stereocenters. The minimum absolute atomic E-state index is 0.181. The molecule has 0 aliphatic carbocycles. The molecule has 1 amide bonds. The van der Waals surface area contributed by atoms with E-state index in [1.54, 1.807) is 12.0 Å². The Kier molecular flexibility index (Phi) is 6.45. The second-order valence-corrected chi connectivity index (χ2v) is 6.82. The third-order valence-corrected chi connectivity index (χ3v) is 3.53. The van der Waals surface area contributed by atoms with Crippen molar-refractivity contribution in [1.82, 2.24) is 4.90 Å². The highest BCUT2D eigenvalue weighted by molar-refractivity contribution is 5.68. The van der Waals surface area contributed by atoms with Crippen molar-refractivity contribution in [3.05, 3.63) is 30.3 Å². The summed E-state index contributed by atoms with van der Waals surface area (Å²) in [6, 6.07) is 9.54. The molecule has 1 aliphatic heterocycles. The van der Waals surface area contributed by atoms with Crippen LogP contribution in [0, 0.1) is 0 Å². The van der Waals surface area contributed by atoms with Gasteiger partial charge in [0.15, 0.2) is 0 Å². The Morgan fingerprint density at radius 1 is 1.25 bits per heavy atom. The Balaban J connectivity index is 1.97. The first kappa shape index (κ1) is 18.5. The fourth-order valence-electron chi connectivity index (χ4n) is 2.34. The molecule has 1 aliphatic rings. The summed E-state index contributed by atoms with van der Waals surface area (Å²) in [6.07, 6.45) is -0.781. The molecule has 134 valence electrons. The largest absolute Gasteiger partial charge is 0.491 e. The zero-order valence-corrected chi connectivity index (χ0v) is 14.9. The van der Waals surface area contributed by atoms with Gasteiger partial charge in [-0.3, -0.25) is 0 Å². The number of methoxy groups -OCH3 is 1. The van der Waals surface area contributed by atoms with Crippen LogP contribution in [0.4, 0.5) is 4.79 Å². The van der Waals surface area contributed by atoms with Crippen molar-refractivity contribution in [3.8, 4) is 5.75 Å². The first-order chi connectivity index (χ1) is 11.4. The number of carbonyl (C=O) groups excluding carboxylic acids is 1. The molecule has 2 atom stereocenters. The van der Waals surface area contributed by atoms with Crippen LogP contribution in [0.15, 0.2) is 30.3 Å². The Bertz CT molecular complexity index is 514. The minimum atomic E-state index is -0.539. The fourth-order valence-corrected chi connectivity index (χ4v) is 2.34. The molecule has 1 fully saturated rings. The number of nitrogens with zero attached hydrogens (tertiary/aromatic N) is 1. The van der Waals surface area contributed by atoms with Crippen molar-refractivity contribution in [3.63, 3.8) is 0 Å². The van der Waals surface area contributed by atoms with Gasteiger partial charge in [-0.05, 0) is 32.9 Å². The van der Waals surface area contributed by atoms with Crippen LogP contribution >= 0.6 is 0 Å². The fraction of sp³-hybridized carbons (Fsp3) is 0.611. The summed E-state index contributed by atoms with van der Waals surface area (Å²) in [7, 11) is 1.61. The number of hydrogen-bond donors (Lipinski definition) is 0. The van der Waals surface area contributed by atoms with E-state index in [9.17, 15) is 4.79 Å². The second-order valence-electron chi connectivity index (χ2n) is 6.82. The van der Waals surface area contributed by atoms with E-state index in [1.807, 2.05) is 51.1 Å². The van der Waals surface area contributed by atoms with Crippen molar-refractivity contribution in [1.29, 1.82) is 0 Å². The van der Waals surface area contributed by atoms with Crippen molar-refractivity contribution >= 4 is 6.09 Å². The predicted molar refractivity (Wildman–Crippen MR) is 90.3 cm³/mol. The maximum absolute atomic E-state index is 12.4. The molecule has 1 aromatic carbocycles. The van der Waals surface area contributed by atoms with Crippen LogP contribution in [0.3, 0.4) is 0 Å². The predicted octanol–water partition coefficient (Wildman–Crippen LogP) is 2.72. The Labute approximate surface area is 143 Å². The van der Waals surface area contributed by atoms with Crippen LogP contribution in [0.25, 0.3) is 0 Å². The molecule has 6 nitrogen and oxygen atoms in total. The van der Waals surface area contributed by atoms with Crippen LogP contribution in [0.1, 0.15) is 20.8 Å². The van der Waals surface area contributed by atoms with E-state index in [1.165, 1.54) is 0 Å². The van der Waals surface area contributed by atoms with Gasteiger partial charge in [0.05, 0.1) is 25.8 Å². The Morgan fingerprint density at radius 2 is 1.96 bits per heavy atom. The number of carbonyl (C=O) groups is 1. The SMILES string of the molecule is CO[C@H]1CO[C@H](COc2ccccc2)CN(C(=O)OC(C)(C)C)C1. The smallest absolute Gasteiger partial charge is 0.410 e. The zero-order valence-electron chi connectivity index (χ0n) is 14.9. The highest BCUT2D eigenvalue weighted by atomic mass is 16.6. The van der Waals surface area contributed by atoms with Crippen molar-refractivity contribution in [2.75, 3.05) is 33.4 Å². The van der Waals surface area contributed by atoms with Gasteiger partial charge in [-0.15, -0.1) is 0 Å². The van der Waals surface area contributed by atoms with Crippen LogP contribution in [-0.2, 0) is 14.2 Å². The molecule has 1 saturated heterocycles. The second kappa shape index (κ2) is 8.35. The molecule has 0 bridgehead atoms. The molecule has 0 N–H and O–H groups in total. The van der Waals surface area contributed by atoms with Crippen molar-refractivity contribution in [2.45, 2.75) is 38.6 Å². The summed E-state index contributed by atoms with van der Waals surface area (Å²) in [5.41, 5.74) is -0.539. The number of benzene rings is 1. The average molecular weight is 337 g/mol. The summed E-state index contributed by atoms with van der Waals surface area (Å²) < 4.78 is 22.4. The first-order valence-electron chi connectivity index (χ1n) is 8.17. The highest BCUT2D eigenvalue weighted by Gasteiger charge is 2.31. The van der Waals surface area contributed by atoms with Gasteiger partial charge >= 0.3 is 6.09 Å². The maximum atomic E-state index is 12.4. The topological polar surface area (TPSA) is 57.2 Å². The number of amides is 1.